The summed E-state index contributed by atoms with van der Waals surface area (Å²) in [7, 11) is -3.45. The van der Waals surface area contributed by atoms with Gasteiger partial charge in [0, 0.05) is 11.6 Å². The highest BCUT2D eigenvalue weighted by atomic mass is 32.2. The molecule has 1 N–H and O–H groups in total. The maximum atomic E-state index is 13.9. The van der Waals surface area contributed by atoms with E-state index in [1.165, 1.54) is 24.3 Å². The Kier molecular flexibility index (Phi) is 4.80. The summed E-state index contributed by atoms with van der Waals surface area (Å²) in [6.07, 6.45) is 3.22. The van der Waals surface area contributed by atoms with Crippen LogP contribution in [0.3, 0.4) is 0 Å². The van der Waals surface area contributed by atoms with E-state index in [0.717, 1.165) is 31.7 Å². The Balaban J connectivity index is 1.51. The fraction of sp³-hybridized carbons (Fsp3) is 0.429. The summed E-state index contributed by atoms with van der Waals surface area (Å²) in [4.78, 5) is 0.215. The van der Waals surface area contributed by atoms with Crippen LogP contribution in [0, 0.1) is 29.4 Å². The Morgan fingerprint density at radius 3 is 2.19 bits per heavy atom. The van der Waals surface area contributed by atoms with Gasteiger partial charge in [0.05, 0.1) is 16.8 Å². The molecule has 2 fully saturated rings. The minimum Gasteiger partial charge on any atom is -0.393 e. The van der Waals surface area contributed by atoms with Gasteiger partial charge in [-0.25, -0.2) is 17.2 Å². The van der Waals surface area contributed by atoms with Gasteiger partial charge in [0.25, 0.3) is 0 Å². The zero-order valence-electron chi connectivity index (χ0n) is 14.8. The van der Waals surface area contributed by atoms with Gasteiger partial charge in [0.15, 0.2) is 9.84 Å². The minimum atomic E-state index is -3.45. The van der Waals surface area contributed by atoms with Crippen LogP contribution in [-0.2, 0) is 9.84 Å². The van der Waals surface area contributed by atoms with Gasteiger partial charge in [-0.15, -0.1) is 0 Å². The number of aliphatic hydroxyl groups is 1. The molecular formula is C21H22F2O3S. The van der Waals surface area contributed by atoms with Crippen molar-refractivity contribution < 1.29 is 22.3 Å². The molecule has 27 heavy (non-hydrogen) atoms. The Bertz CT molecular complexity index is 926. The lowest BCUT2D eigenvalue weighted by atomic mass is 9.80. The molecule has 0 heterocycles. The molecule has 0 saturated heterocycles. The molecular weight excluding hydrogens is 370 g/mol. The van der Waals surface area contributed by atoms with Crippen LogP contribution in [0.2, 0.25) is 0 Å². The van der Waals surface area contributed by atoms with E-state index in [0.29, 0.717) is 5.56 Å². The summed E-state index contributed by atoms with van der Waals surface area (Å²) >= 11 is 0. The largest absolute Gasteiger partial charge is 0.393 e. The first-order chi connectivity index (χ1) is 12.8. The van der Waals surface area contributed by atoms with Gasteiger partial charge in [-0.1, -0.05) is 12.1 Å². The third-order valence-corrected chi connectivity index (χ3v) is 7.96. The molecule has 0 spiro atoms. The molecule has 2 aromatic carbocycles. The number of sulfone groups is 1. The van der Waals surface area contributed by atoms with Crippen molar-refractivity contribution in [3.8, 4) is 11.1 Å². The van der Waals surface area contributed by atoms with Crippen LogP contribution in [0.15, 0.2) is 47.4 Å². The normalized spacial score (nSPS) is 27.7. The lowest BCUT2D eigenvalue weighted by Crippen LogP contribution is -2.33. The Morgan fingerprint density at radius 2 is 1.59 bits per heavy atom. The van der Waals surface area contributed by atoms with Crippen molar-refractivity contribution in [1.82, 2.24) is 0 Å². The Labute approximate surface area is 158 Å². The van der Waals surface area contributed by atoms with Crippen molar-refractivity contribution in [3.05, 3.63) is 54.1 Å². The van der Waals surface area contributed by atoms with E-state index in [2.05, 4.69) is 0 Å². The standard InChI is InChI=1S/C21H22F2O3S/c22-17-5-8-19(20(23)11-17)14-3-6-18(7-4-14)27(25,26)12-13-9-15-1-2-16(10-13)21(15)24/h3-8,11,13,15-16,21,24H,1-2,9-10,12H2. The molecule has 2 aliphatic carbocycles. The number of hydrogen-bond acceptors (Lipinski definition) is 3. The van der Waals surface area contributed by atoms with E-state index in [1.807, 2.05) is 0 Å². The van der Waals surface area contributed by atoms with Crippen LogP contribution in [0.1, 0.15) is 25.7 Å². The van der Waals surface area contributed by atoms with E-state index < -0.39 is 21.5 Å². The van der Waals surface area contributed by atoms with Gasteiger partial charge in [0.2, 0.25) is 0 Å². The fourth-order valence-electron chi connectivity index (χ4n) is 4.73. The Morgan fingerprint density at radius 1 is 0.963 bits per heavy atom. The first-order valence-electron chi connectivity index (χ1n) is 9.30. The number of rotatable bonds is 4. The molecule has 144 valence electrons. The first-order valence-corrected chi connectivity index (χ1v) is 10.9. The molecule has 2 unspecified atom stereocenters. The number of fused-ring (bicyclic) bond motifs is 2. The molecule has 2 atom stereocenters. The number of benzene rings is 2. The van der Waals surface area contributed by atoms with E-state index in [9.17, 15) is 22.3 Å². The molecule has 4 rings (SSSR count). The van der Waals surface area contributed by atoms with Crippen LogP contribution in [0.4, 0.5) is 8.78 Å². The number of hydrogen-bond donors (Lipinski definition) is 1. The van der Waals surface area contributed by atoms with Crippen LogP contribution in [0.25, 0.3) is 11.1 Å². The third kappa shape index (κ3) is 3.65. The molecule has 2 aromatic rings. The van der Waals surface area contributed by atoms with Gasteiger partial charge in [-0.3, -0.25) is 0 Å². The number of aliphatic hydroxyl groups excluding tert-OH is 1. The monoisotopic (exact) mass is 392 g/mol. The van der Waals surface area contributed by atoms with E-state index in [1.54, 1.807) is 12.1 Å². The highest BCUT2D eigenvalue weighted by molar-refractivity contribution is 7.91. The average Bonchev–Trinajstić information content (AvgIpc) is 2.83. The fourth-order valence-corrected chi connectivity index (χ4v) is 6.37. The van der Waals surface area contributed by atoms with Gasteiger partial charge in [-0.2, -0.15) is 0 Å². The highest BCUT2D eigenvalue weighted by Crippen LogP contribution is 2.45. The number of halogens is 2. The summed E-state index contributed by atoms with van der Waals surface area (Å²) < 4.78 is 52.5. The molecule has 0 aliphatic heterocycles. The molecule has 0 aromatic heterocycles. The van der Waals surface area contributed by atoms with Crippen LogP contribution < -0.4 is 0 Å². The summed E-state index contributed by atoms with van der Waals surface area (Å²) in [5.41, 5.74) is 0.739. The zero-order valence-corrected chi connectivity index (χ0v) is 15.6. The first kappa shape index (κ1) is 18.6. The second kappa shape index (κ2) is 6.99. The Hall–Kier alpha value is -1.79. The topological polar surface area (TPSA) is 54.4 Å². The average molecular weight is 392 g/mol. The summed E-state index contributed by atoms with van der Waals surface area (Å²) in [6.45, 7) is 0. The van der Waals surface area contributed by atoms with E-state index in [4.69, 9.17) is 0 Å². The van der Waals surface area contributed by atoms with Gasteiger partial charge < -0.3 is 5.11 Å². The molecule has 6 heteroatoms. The predicted molar refractivity (Wildman–Crippen MR) is 98.8 cm³/mol. The van der Waals surface area contributed by atoms with Crippen LogP contribution in [0.5, 0.6) is 0 Å². The highest BCUT2D eigenvalue weighted by Gasteiger charge is 2.42. The summed E-state index contributed by atoms with van der Waals surface area (Å²) in [5.74, 6) is -0.716. The van der Waals surface area contributed by atoms with E-state index >= 15 is 0 Å². The SMILES string of the molecule is O=S(=O)(CC1CC2CCC(C1)C2O)c1ccc(-c2ccc(F)cc2F)cc1. The molecule has 2 aliphatic rings. The summed E-state index contributed by atoms with van der Waals surface area (Å²) in [5, 5.41) is 10.1. The van der Waals surface area contributed by atoms with Crippen molar-refractivity contribution in [2.75, 3.05) is 5.75 Å². The van der Waals surface area contributed by atoms with Gasteiger partial charge in [-0.05, 0) is 73.3 Å². The molecule has 0 radical (unpaired) electrons. The third-order valence-electron chi connectivity index (χ3n) is 6.06. The second-order valence-electron chi connectivity index (χ2n) is 7.86. The predicted octanol–water partition coefficient (Wildman–Crippen LogP) is 4.20. The summed E-state index contributed by atoms with van der Waals surface area (Å²) in [6, 6.07) is 9.41. The molecule has 0 amide bonds. The maximum absolute atomic E-state index is 13.9. The smallest absolute Gasteiger partial charge is 0.178 e. The van der Waals surface area contributed by atoms with Crippen molar-refractivity contribution in [3.63, 3.8) is 0 Å². The second-order valence-corrected chi connectivity index (χ2v) is 9.89. The molecule has 2 bridgehead atoms. The van der Waals surface area contributed by atoms with Crippen molar-refractivity contribution in [2.45, 2.75) is 36.7 Å². The zero-order chi connectivity index (χ0) is 19.2. The van der Waals surface area contributed by atoms with E-state index in [-0.39, 0.29) is 40.1 Å². The van der Waals surface area contributed by atoms with Gasteiger partial charge >= 0.3 is 0 Å². The maximum Gasteiger partial charge on any atom is 0.178 e. The molecule has 3 nitrogen and oxygen atoms in total. The lowest BCUT2D eigenvalue weighted by molar-refractivity contribution is 0.0425. The van der Waals surface area contributed by atoms with Crippen molar-refractivity contribution in [2.24, 2.45) is 17.8 Å². The van der Waals surface area contributed by atoms with Gasteiger partial charge in [0.1, 0.15) is 11.6 Å². The lowest BCUT2D eigenvalue weighted by Gasteiger charge is -2.32. The van der Waals surface area contributed by atoms with Crippen LogP contribution >= 0.6 is 0 Å². The van der Waals surface area contributed by atoms with Crippen molar-refractivity contribution in [1.29, 1.82) is 0 Å². The molecule has 2 saturated carbocycles. The minimum absolute atomic E-state index is 0.0742. The van der Waals surface area contributed by atoms with Crippen LogP contribution in [-0.4, -0.2) is 25.4 Å². The quantitative estimate of drug-likeness (QED) is 0.848. The van der Waals surface area contributed by atoms with Crippen molar-refractivity contribution >= 4 is 9.84 Å².